The smallest absolute Gasteiger partial charge is 0.145 e. The molecular formula is C8H11NO2. The van der Waals surface area contributed by atoms with E-state index in [9.17, 15) is 5.11 Å². The van der Waals surface area contributed by atoms with Gasteiger partial charge < -0.3 is 15.6 Å². The third-order valence-electron chi connectivity index (χ3n) is 1.63. The molecule has 0 aliphatic carbocycles. The first-order valence-electron chi connectivity index (χ1n) is 3.29. The van der Waals surface area contributed by atoms with Gasteiger partial charge in [-0.05, 0) is 19.1 Å². The number of nitrogen functional groups attached to an aromatic ring is 1. The molecular weight excluding hydrogens is 142 g/mol. The highest BCUT2D eigenvalue weighted by Crippen LogP contribution is 2.31. The minimum Gasteiger partial charge on any atom is -0.505 e. The van der Waals surface area contributed by atoms with Crippen molar-refractivity contribution in [2.45, 2.75) is 6.92 Å². The molecule has 0 aromatic heterocycles. The van der Waals surface area contributed by atoms with Crippen LogP contribution in [0, 0.1) is 6.92 Å². The number of benzene rings is 1. The molecule has 0 amide bonds. The van der Waals surface area contributed by atoms with E-state index in [1.165, 1.54) is 0 Å². The summed E-state index contributed by atoms with van der Waals surface area (Å²) in [5, 5.41) is 9.31. The van der Waals surface area contributed by atoms with Crippen LogP contribution in [0.15, 0.2) is 12.1 Å². The Bertz CT molecular complexity index is 271. The van der Waals surface area contributed by atoms with Gasteiger partial charge in [-0.2, -0.15) is 0 Å². The summed E-state index contributed by atoms with van der Waals surface area (Å²) in [4.78, 5) is 0. The largest absolute Gasteiger partial charge is 0.505 e. The Kier molecular flexibility index (Phi) is 1.89. The third-order valence-corrected chi connectivity index (χ3v) is 1.63. The molecule has 3 nitrogen and oxygen atoms in total. The van der Waals surface area contributed by atoms with E-state index < -0.39 is 0 Å². The fourth-order valence-corrected chi connectivity index (χ4v) is 0.924. The summed E-state index contributed by atoms with van der Waals surface area (Å²) in [5.41, 5.74) is 6.49. The van der Waals surface area contributed by atoms with Gasteiger partial charge >= 0.3 is 0 Å². The van der Waals surface area contributed by atoms with Crippen LogP contribution in [0.1, 0.15) is 5.56 Å². The van der Waals surface area contributed by atoms with Crippen LogP contribution in [-0.2, 0) is 0 Å². The number of rotatable bonds is 1. The summed E-state index contributed by atoms with van der Waals surface area (Å²) in [7, 11) is 1.55. The summed E-state index contributed by atoms with van der Waals surface area (Å²) in [6, 6.07) is 3.34. The van der Waals surface area contributed by atoms with E-state index in [4.69, 9.17) is 10.5 Å². The van der Waals surface area contributed by atoms with Gasteiger partial charge in [0.05, 0.1) is 12.8 Å². The van der Waals surface area contributed by atoms with Crippen molar-refractivity contribution in [3.05, 3.63) is 17.7 Å². The van der Waals surface area contributed by atoms with E-state index in [1.54, 1.807) is 26.2 Å². The molecule has 1 aromatic carbocycles. The molecule has 3 N–H and O–H groups in total. The van der Waals surface area contributed by atoms with E-state index in [-0.39, 0.29) is 5.75 Å². The number of nitrogens with two attached hydrogens (primary N) is 1. The molecule has 0 aliphatic rings. The second-order valence-electron chi connectivity index (χ2n) is 2.33. The molecule has 0 unspecified atom stereocenters. The average Bonchev–Trinajstić information content (AvgIpc) is 2.01. The zero-order valence-corrected chi connectivity index (χ0v) is 6.59. The normalized spacial score (nSPS) is 9.64. The van der Waals surface area contributed by atoms with Crippen LogP contribution in [0.25, 0.3) is 0 Å². The fourth-order valence-electron chi connectivity index (χ4n) is 0.924. The highest BCUT2D eigenvalue weighted by atomic mass is 16.5. The molecule has 0 spiro atoms. The van der Waals surface area contributed by atoms with Gasteiger partial charge in [0.25, 0.3) is 0 Å². The van der Waals surface area contributed by atoms with Crippen LogP contribution in [-0.4, -0.2) is 12.2 Å². The standard InChI is InChI=1S/C8H11NO2/c1-5-7(11-2)4-3-6(9)8(5)10/h3-4,10H,9H2,1-2H3. The Morgan fingerprint density at radius 2 is 2.09 bits per heavy atom. The average molecular weight is 153 g/mol. The zero-order valence-electron chi connectivity index (χ0n) is 6.59. The lowest BCUT2D eigenvalue weighted by Gasteiger charge is -2.07. The molecule has 0 radical (unpaired) electrons. The van der Waals surface area contributed by atoms with Crippen molar-refractivity contribution in [2.75, 3.05) is 12.8 Å². The number of phenols is 1. The topological polar surface area (TPSA) is 55.5 Å². The summed E-state index contributed by atoms with van der Waals surface area (Å²) < 4.78 is 4.97. The summed E-state index contributed by atoms with van der Waals surface area (Å²) in [5.74, 6) is 0.751. The van der Waals surface area contributed by atoms with Crippen LogP contribution in [0.4, 0.5) is 5.69 Å². The number of ether oxygens (including phenoxy) is 1. The highest BCUT2D eigenvalue weighted by Gasteiger charge is 2.05. The Morgan fingerprint density at radius 1 is 1.45 bits per heavy atom. The van der Waals surface area contributed by atoms with Crippen molar-refractivity contribution in [1.82, 2.24) is 0 Å². The van der Waals surface area contributed by atoms with Crippen LogP contribution < -0.4 is 10.5 Å². The molecule has 0 atom stereocenters. The molecule has 1 aromatic rings. The lowest BCUT2D eigenvalue weighted by molar-refractivity contribution is 0.403. The van der Waals surface area contributed by atoms with E-state index in [0.717, 1.165) is 0 Å². The maximum absolute atomic E-state index is 9.31. The third kappa shape index (κ3) is 1.22. The molecule has 0 heterocycles. The minimum absolute atomic E-state index is 0.101. The van der Waals surface area contributed by atoms with Gasteiger partial charge in [-0.15, -0.1) is 0 Å². The van der Waals surface area contributed by atoms with E-state index in [0.29, 0.717) is 17.0 Å². The lowest BCUT2D eigenvalue weighted by Crippen LogP contribution is -1.91. The second kappa shape index (κ2) is 2.70. The maximum atomic E-state index is 9.31. The monoisotopic (exact) mass is 153 g/mol. The van der Waals surface area contributed by atoms with Gasteiger partial charge in [-0.1, -0.05) is 0 Å². The summed E-state index contributed by atoms with van der Waals surface area (Å²) >= 11 is 0. The van der Waals surface area contributed by atoms with Crippen LogP contribution in [0.2, 0.25) is 0 Å². The van der Waals surface area contributed by atoms with Crippen molar-refractivity contribution in [2.24, 2.45) is 0 Å². The molecule has 11 heavy (non-hydrogen) atoms. The molecule has 0 fully saturated rings. The van der Waals surface area contributed by atoms with Crippen LogP contribution in [0.3, 0.4) is 0 Å². The number of phenolic OH excluding ortho intramolecular Hbond substituents is 1. The molecule has 1 rings (SSSR count). The van der Waals surface area contributed by atoms with E-state index in [1.807, 2.05) is 0 Å². The van der Waals surface area contributed by atoms with Crippen LogP contribution >= 0.6 is 0 Å². The molecule has 0 saturated heterocycles. The predicted octanol–water partition coefficient (Wildman–Crippen LogP) is 1.29. The van der Waals surface area contributed by atoms with Crippen LogP contribution in [0.5, 0.6) is 11.5 Å². The van der Waals surface area contributed by atoms with Crippen molar-refractivity contribution in [3.63, 3.8) is 0 Å². The van der Waals surface area contributed by atoms with Crippen molar-refractivity contribution in [3.8, 4) is 11.5 Å². The molecule has 60 valence electrons. The summed E-state index contributed by atoms with van der Waals surface area (Å²) in [6.45, 7) is 1.75. The van der Waals surface area contributed by atoms with Gasteiger partial charge in [-0.3, -0.25) is 0 Å². The van der Waals surface area contributed by atoms with E-state index in [2.05, 4.69) is 0 Å². The highest BCUT2D eigenvalue weighted by molar-refractivity contribution is 5.60. The first kappa shape index (κ1) is 7.72. The number of hydrogen-bond acceptors (Lipinski definition) is 3. The molecule has 3 heteroatoms. The Labute approximate surface area is 65.4 Å². The van der Waals surface area contributed by atoms with Crippen molar-refractivity contribution in [1.29, 1.82) is 0 Å². The lowest BCUT2D eigenvalue weighted by atomic mass is 10.2. The van der Waals surface area contributed by atoms with E-state index >= 15 is 0 Å². The van der Waals surface area contributed by atoms with Gasteiger partial charge in [0, 0.05) is 5.56 Å². The van der Waals surface area contributed by atoms with Gasteiger partial charge in [-0.25, -0.2) is 0 Å². The number of anilines is 1. The van der Waals surface area contributed by atoms with Gasteiger partial charge in [0.1, 0.15) is 11.5 Å². The van der Waals surface area contributed by atoms with Gasteiger partial charge in [0.2, 0.25) is 0 Å². The zero-order chi connectivity index (χ0) is 8.43. The maximum Gasteiger partial charge on any atom is 0.145 e. The number of hydrogen-bond donors (Lipinski definition) is 2. The Hall–Kier alpha value is -1.38. The number of methoxy groups -OCH3 is 1. The molecule has 0 saturated carbocycles. The second-order valence-corrected chi connectivity index (χ2v) is 2.33. The molecule has 0 bridgehead atoms. The molecule has 0 aliphatic heterocycles. The van der Waals surface area contributed by atoms with Gasteiger partial charge in [0.15, 0.2) is 0 Å². The minimum atomic E-state index is 0.101. The first-order chi connectivity index (χ1) is 5.16. The Balaban J connectivity index is 3.25. The first-order valence-corrected chi connectivity index (χ1v) is 3.29. The van der Waals surface area contributed by atoms with Crippen molar-refractivity contribution < 1.29 is 9.84 Å². The summed E-state index contributed by atoms with van der Waals surface area (Å²) in [6.07, 6.45) is 0. The SMILES string of the molecule is COc1ccc(N)c(O)c1C. The number of aromatic hydroxyl groups is 1. The predicted molar refractivity (Wildman–Crippen MR) is 43.8 cm³/mol. The quantitative estimate of drug-likeness (QED) is 0.472. The van der Waals surface area contributed by atoms with Crippen molar-refractivity contribution >= 4 is 5.69 Å². The fraction of sp³-hybridized carbons (Fsp3) is 0.250. The Morgan fingerprint density at radius 3 is 2.64 bits per heavy atom.